The number of para-hydroxylation sites is 1. The monoisotopic (exact) mass is 1080 g/mol. The first-order valence-electron chi connectivity index (χ1n) is 22.9. The molecule has 0 bridgehead atoms. The molecule has 0 radical (unpaired) electrons. The van der Waals surface area contributed by atoms with E-state index in [1.807, 2.05) is 24.5 Å². The number of imidazole rings is 1. The standard InChI is InChI=1S/C44H59N13O10S.C2HF3O2/c1-68-17-15-29(45)38(62)53-32(13-14-36(58)59)41(65)57-35(20-27-22-48-24-52-27)43(67)55-33(18-25-8-3-2-4-9-25)42(66)54-31(12-7-16-49-44(46)47)40(64)56-34(39(63)51-23-37(60)61)19-26-21-50-30-11-6-5-10-28(26)30;3-2(4,5)1(6)7/h2-6,8-11,21-22,24,29,31-35,50H,7,12-20,23,45H2,1H3,(H,48,52)(H,51,63)(H,53,62)(H,54,66)(H,55,67)(H,56,64)(H,57,65)(H,58,59)(H,60,61)(H4,46,47,49);(H,6,7). The number of aliphatic carboxylic acids is 3. The van der Waals surface area contributed by atoms with Crippen LogP contribution in [0.25, 0.3) is 10.9 Å². The van der Waals surface area contributed by atoms with Crippen LogP contribution in [0.1, 0.15) is 48.9 Å². The maximum Gasteiger partial charge on any atom is 0.490 e. The third-order valence-corrected chi connectivity index (χ3v) is 11.4. The number of aromatic amines is 2. The van der Waals surface area contributed by atoms with Gasteiger partial charge in [0.25, 0.3) is 0 Å². The van der Waals surface area contributed by atoms with Gasteiger partial charge in [-0.2, -0.15) is 24.9 Å². The molecule has 0 fully saturated rings. The van der Waals surface area contributed by atoms with E-state index in [0.717, 1.165) is 10.9 Å². The Hall–Kier alpha value is -8.21. The van der Waals surface area contributed by atoms with E-state index in [0.29, 0.717) is 22.6 Å². The second kappa shape index (κ2) is 30.7. The number of aromatic nitrogens is 3. The van der Waals surface area contributed by atoms with E-state index >= 15 is 0 Å². The van der Waals surface area contributed by atoms with Crippen LogP contribution >= 0.6 is 11.8 Å². The number of nitrogens with one attached hydrogen (secondary N) is 8. The van der Waals surface area contributed by atoms with Gasteiger partial charge in [0.2, 0.25) is 35.4 Å². The fourth-order valence-corrected chi connectivity index (χ4v) is 7.44. The summed E-state index contributed by atoms with van der Waals surface area (Å²) in [6.45, 7) is -0.679. The number of alkyl halides is 3. The van der Waals surface area contributed by atoms with Crippen LogP contribution in [0.15, 0.2) is 78.3 Å². The molecule has 0 aliphatic rings. The number of halogens is 3. The second-order valence-corrected chi connectivity index (χ2v) is 17.5. The van der Waals surface area contributed by atoms with E-state index in [2.05, 4.69) is 51.8 Å². The lowest BCUT2D eigenvalue weighted by Crippen LogP contribution is -2.60. The Morgan fingerprint density at radius 3 is 1.80 bits per heavy atom. The largest absolute Gasteiger partial charge is 0.490 e. The minimum atomic E-state index is -5.08. The van der Waals surface area contributed by atoms with Gasteiger partial charge in [-0.15, -0.1) is 0 Å². The maximum absolute atomic E-state index is 14.5. The summed E-state index contributed by atoms with van der Waals surface area (Å²) >= 11 is 1.46. The first-order valence-corrected chi connectivity index (χ1v) is 24.3. The molecule has 0 aliphatic carbocycles. The number of hydrogen-bond donors (Lipinski definition) is 14. The number of guanidine groups is 1. The van der Waals surface area contributed by atoms with Crippen LogP contribution in [0, 0.1) is 0 Å². The number of nitrogens with zero attached hydrogens (tertiary/aromatic N) is 2. The zero-order valence-electron chi connectivity index (χ0n) is 40.4. The predicted molar refractivity (Wildman–Crippen MR) is 266 cm³/mol. The molecule has 0 aliphatic heterocycles. The minimum Gasteiger partial charge on any atom is -0.481 e. The molecule has 75 heavy (non-hydrogen) atoms. The van der Waals surface area contributed by atoms with Crippen molar-refractivity contribution in [2.24, 2.45) is 22.2 Å². The molecule has 29 heteroatoms. The number of hydrogen-bond acceptors (Lipinski definition) is 13. The summed E-state index contributed by atoms with van der Waals surface area (Å²) in [5.74, 6) is -9.90. The van der Waals surface area contributed by atoms with E-state index in [4.69, 9.17) is 27.1 Å². The van der Waals surface area contributed by atoms with E-state index < -0.39 is 109 Å². The number of nitrogens with two attached hydrogens (primary N) is 3. The summed E-state index contributed by atoms with van der Waals surface area (Å²) in [6, 6.07) is 7.90. The highest BCUT2D eigenvalue weighted by molar-refractivity contribution is 7.98. The van der Waals surface area contributed by atoms with E-state index in [1.165, 1.54) is 24.3 Å². The molecular formula is C46H60F3N13O12S. The third-order valence-electron chi connectivity index (χ3n) is 10.7. The van der Waals surface area contributed by atoms with E-state index in [-0.39, 0.29) is 57.5 Å². The number of carbonyl (C=O) groups is 9. The predicted octanol–water partition coefficient (Wildman–Crippen LogP) is -0.824. The van der Waals surface area contributed by atoms with Gasteiger partial charge in [0.05, 0.1) is 12.4 Å². The van der Waals surface area contributed by atoms with Crippen molar-refractivity contribution in [3.63, 3.8) is 0 Å². The first-order chi connectivity index (χ1) is 35.5. The summed E-state index contributed by atoms with van der Waals surface area (Å²) in [4.78, 5) is 129. The average Bonchev–Trinajstić information content (AvgIpc) is 4.03. The van der Waals surface area contributed by atoms with Crippen molar-refractivity contribution in [3.05, 3.63) is 90.1 Å². The Labute approximate surface area is 430 Å². The summed E-state index contributed by atoms with van der Waals surface area (Å²) in [5.41, 5.74) is 19.5. The zero-order chi connectivity index (χ0) is 55.7. The third kappa shape index (κ3) is 22.2. The zero-order valence-corrected chi connectivity index (χ0v) is 41.2. The Morgan fingerprint density at radius 2 is 1.24 bits per heavy atom. The topological polar surface area (TPSA) is 421 Å². The van der Waals surface area contributed by atoms with Gasteiger partial charge in [-0.05, 0) is 54.9 Å². The van der Waals surface area contributed by atoms with Crippen LogP contribution in [-0.4, -0.2) is 157 Å². The highest BCUT2D eigenvalue weighted by atomic mass is 32.2. The number of carboxylic acids is 3. The van der Waals surface area contributed by atoms with E-state index in [1.54, 1.807) is 42.6 Å². The molecule has 2 aromatic heterocycles. The average molecular weight is 1080 g/mol. The quantitative estimate of drug-likeness (QED) is 0.0179. The molecule has 2 aromatic carbocycles. The van der Waals surface area contributed by atoms with Crippen molar-refractivity contribution in [1.82, 2.24) is 46.9 Å². The number of rotatable bonds is 29. The van der Waals surface area contributed by atoms with Crippen molar-refractivity contribution in [2.75, 3.05) is 25.1 Å². The van der Waals surface area contributed by atoms with Crippen LogP contribution < -0.4 is 49.1 Å². The first kappa shape index (κ1) is 61.1. The fraction of sp³-hybridized carbons (Fsp3) is 0.413. The summed E-state index contributed by atoms with van der Waals surface area (Å²) < 4.78 is 31.7. The SMILES string of the molecule is CSCCC(N)C(=O)NC(CCC(=O)O)C(=O)NC(Cc1cnc[nH]1)C(=O)NC(Cc1ccccc1)C(=O)NC(CCCN=C(N)N)C(=O)NC(Cc1c[nH]c2ccccc12)C(=O)NCC(=O)O.O=C(O)C(F)(F)F. The molecule has 6 unspecified atom stereocenters. The number of H-pyrrole nitrogens is 2. The van der Waals surface area contributed by atoms with Gasteiger partial charge >= 0.3 is 24.1 Å². The van der Waals surface area contributed by atoms with Crippen LogP contribution in [0.2, 0.25) is 0 Å². The number of carboxylic acid groups (broad SMARTS) is 3. The molecule has 17 N–H and O–H groups in total. The number of carbonyl (C=O) groups excluding carboxylic acids is 6. The van der Waals surface area contributed by atoms with Gasteiger partial charge in [-0.1, -0.05) is 48.5 Å². The number of aliphatic imine (C=N–C) groups is 1. The lowest BCUT2D eigenvalue weighted by Gasteiger charge is -2.27. The van der Waals surface area contributed by atoms with Gasteiger partial charge in [-0.3, -0.25) is 43.3 Å². The molecule has 4 aromatic rings. The molecule has 2 heterocycles. The van der Waals surface area contributed by atoms with Crippen LogP contribution in [0.3, 0.4) is 0 Å². The second-order valence-electron chi connectivity index (χ2n) is 16.5. The van der Waals surface area contributed by atoms with Crippen LogP contribution in [0.5, 0.6) is 0 Å². The van der Waals surface area contributed by atoms with Gasteiger partial charge in [0, 0.05) is 61.2 Å². The van der Waals surface area contributed by atoms with Crippen molar-refractivity contribution in [3.8, 4) is 0 Å². The Morgan fingerprint density at radius 1 is 0.693 bits per heavy atom. The smallest absolute Gasteiger partial charge is 0.481 e. The van der Waals surface area contributed by atoms with Crippen molar-refractivity contribution in [1.29, 1.82) is 0 Å². The van der Waals surface area contributed by atoms with Gasteiger partial charge in [0.1, 0.15) is 36.8 Å². The van der Waals surface area contributed by atoms with Crippen LogP contribution in [-0.2, 0) is 62.4 Å². The summed E-state index contributed by atoms with van der Waals surface area (Å²) in [7, 11) is 0. The number of fused-ring (bicyclic) bond motifs is 1. The van der Waals surface area contributed by atoms with Crippen molar-refractivity contribution < 1.29 is 71.6 Å². The Balaban J connectivity index is 0.00000197. The molecule has 0 saturated carbocycles. The molecule has 6 amide bonds. The fourth-order valence-electron chi connectivity index (χ4n) is 6.95. The summed E-state index contributed by atoms with van der Waals surface area (Å²) in [6.07, 6.45) is 0.319. The van der Waals surface area contributed by atoms with Gasteiger partial charge in [0.15, 0.2) is 5.96 Å². The number of benzene rings is 2. The van der Waals surface area contributed by atoms with E-state index in [9.17, 15) is 61.7 Å². The maximum atomic E-state index is 14.5. The van der Waals surface area contributed by atoms with Gasteiger partial charge < -0.3 is 74.4 Å². The number of thioether (sulfide) groups is 1. The minimum absolute atomic E-state index is 0.0522. The highest BCUT2D eigenvalue weighted by Crippen LogP contribution is 2.20. The molecule has 0 saturated heterocycles. The molecule has 0 spiro atoms. The Kier molecular flexibility index (Phi) is 25.0. The van der Waals surface area contributed by atoms with Gasteiger partial charge in [-0.25, -0.2) is 9.78 Å². The molecule has 4 rings (SSSR count). The van der Waals surface area contributed by atoms with Crippen molar-refractivity contribution >= 4 is 82.0 Å². The molecule has 25 nitrogen and oxygen atoms in total. The molecular weight excluding hydrogens is 1020 g/mol. The highest BCUT2D eigenvalue weighted by Gasteiger charge is 2.38. The Bertz CT molecular complexity index is 2580. The molecule has 408 valence electrons. The normalized spacial score (nSPS) is 13.4. The van der Waals surface area contributed by atoms with Crippen LogP contribution in [0.4, 0.5) is 13.2 Å². The summed E-state index contributed by atoms with van der Waals surface area (Å²) in [5, 5.41) is 42.1. The molecule has 6 atom stereocenters. The lowest BCUT2D eigenvalue weighted by atomic mass is 10.0. The number of amides is 6. The lowest BCUT2D eigenvalue weighted by molar-refractivity contribution is -0.192. The van der Waals surface area contributed by atoms with Crippen molar-refractivity contribution in [2.45, 2.75) is 93.8 Å².